The molecule has 1 saturated heterocycles. The van der Waals surface area contributed by atoms with Gasteiger partial charge >= 0.3 is 18.0 Å². The van der Waals surface area contributed by atoms with Crippen molar-refractivity contribution in [2.24, 2.45) is 17.8 Å². The summed E-state index contributed by atoms with van der Waals surface area (Å²) in [6.07, 6.45) is 9.45. The molecule has 0 bridgehead atoms. The highest BCUT2D eigenvalue weighted by molar-refractivity contribution is 6.73. The van der Waals surface area contributed by atoms with Crippen LogP contribution in [0.25, 0.3) is 0 Å². The van der Waals surface area contributed by atoms with Crippen molar-refractivity contribution in [2.75, 3.05) is 5.32 Å². The van der Waals surface area contributed by atoms with E-state index in [1.807, 2.05) is 69.3 Å². The molecule has 2 aliphatic rings. The first kappa shape index (κ1) is 45.1. The molecule has 0 aliphatic carbocycles. The smallest absolute Gasteiger partial charge is 0.411 e. The maximum Gasteiger partial charge on any atom is 0.411 e. The maximum absolute atomic E-state index is 13.6. The Bertz CT molecular complexity index is 1430. The number of aliphatic hydroxyl groups is 1. The van der Waals surface area contributed by atoms with Crippen molar-refractivity contribution < 1.29 is 42.9 Å². The fraction of sp³-hybridized carbons (Fsp3) is 0.651. The quantitative estimate of drug-likeness (QED) is 0.0422. The van der Waals surface area contributed by atoms with E-state index in [-0.39, 0.29) is 48.5 Å². The van der Waals surface area contributed by atoms with Crippen LogP contribution in [0.5, 0.6) is 0 Å². The van der Waals surface area contributed by atoms with E-state index in [1.54, 1.807) is 13.0 Å². The van der Waals surface area contributed by atoms with Gasteiger partial charge in [0, 0.05) is 24.4 Å². The molecule has 3 rings (SSSR count). The molecule has 10 nitrogen and oxygen atoms in total. The maximum atomic E-state index is 13.6. The van der Waals surface area contributed by atoms with Crippen LogP contribution in [-0.4, -0.2) is 73.7 Å². The molecule has 1 aromatic rings. The first-order valence-corrected chi connectivity index (χ1v) is 22.6. The second kappa shape index (κ2) is 21.2. The average Bonchev–Trinajstić information content (AvgIpc) is 3.90. The molecule has 54 heavy (non-hydrogen) atoms. The number of carbonyl (C=O) groups is 3. The summed E-state index contributed by atoms with van der Waals surface area (Å²) >= 11 is 0. The second-order valence-corrected chi connectivity index (χ2v) is 20.3. The summed E-state index contributed by atoms with van der Waals surface area (Å²) in [5.41, 5.74) is 0.194. The molecule has 2 heterocycles. The number of hydrogen-bond acceptors (Lipinski definition) is 9. The lowest BCUT2D eigenvalue weighted by atomic mass is 9.88. The summed E-state index contributed by atoms with van der Waals surface area (Å²) in [7, 11) is -2.08. The van der Waals surface area contributed by atoms with E-state index in [2.05, 4.69) is 46.0 Å². The number of epoxide rings is 1. The van der Waals surface area contributed by atoms with Gasteiger partial charge in [0.1, 0.15) is 23.9 Å². The van der Waals surface area contributed by atoms with Gasteiger partial charge in [0.15, 0.2) is 8.32 Å². The molecular formula is C43H67NO9Si. The molecule has 0 aromatic heterocycles. The number of cyclic esters (lactones) is 1. The van der Waals surface area contributed by atoms with E-state index in [9.17, 15) is 19.5 Å². The number of carbonyl (C=O) groups excluding carboxylic acids is 3. The second-order valence-electron chi connectivity index (χ2n) is 15.6. The number of ether oxygens (including phenoxy) is 4. The highest BCUT2D eigenvalue weighted by Crippen LogP contribution is 2.38. The van der Waals surface area contributed by atoms with Crippen LogP contribution < -0.4 is 5.32 Å². The number of esters is 2. The first-order valence-electron chi connectivity index (χ1n) is 20.0. The van der Waals surface area contributed by atoms with Crippen molar-refractivity contribution in [3.05, 3.63) is 66.3 Å². The number of rotatable bonds is 16. The zero-order chi connectivity index (χ0) is 40.1. The van der Waals surface area contributed by atoms with Gasteiger partial charge in [-0.3, -0.25) is 14.9 Å². The van der Waals surface area contributed by atoms with Gasteiger partial charge in [-0.15, -0.1) is 0 Å². The topological polar surface area (TPSA) is 133 Å². The Balaban J connectivity index is 1.70. The number of nitrogens with one attached hydrogen (secondary N) is 1. The lowest BCUT2D eigenvalue weighted by molar-refractivity contribution is -0.157. The van der Waals surface area contributed by atoms with Gasteiger partial charge in [-0.2, -0.15) is 0 Å². The molecule has 0 radical (unpaired) electrons. The number of amides is 1. The van der Waals surface area contributed by atoms with Gasteiger partial charge in [0.25, 0.3) is 0 Å². The lowest BCUT2D eigenvalue weighted by Gasteiger charge is -2.36. The molecule has 1 fully saturated rings. The number of allylic oxidation sites excluding steroid dienone is 3. The number of hydrogen-bond donors (Lipinski definition) is 2. The minimum Gasteiger partial charge on any atom is -0.457 e. The van der Waals surface area contributed by atoms with Crippen molar-refractivity contribution in [3.63, 3.8) is 0 Å². The standard InChI is InChI=1S/C43H67NO9Si/c1-11-36(51-42(47)44-34-21-16-15-17-22-34)32(8)41-37(50-41)27-29(5)19-18-20-30(6)40-31(7)23-24-38(49-33(9)45)43(10,48)26-25-35(28-39(46)52-40)53-54(12-2,13-3)14-4/h15-24,29,31-32,35-38,40-41,48H,11-14,25-28H2,1-10H3,(H,44,47)/b19-18+,24-23+,30-20+. The molecule has 2 N–H and O–H groups in total. The molecule has 0 spiro atoms. The summed E-state index contributed by atoms with van der Waals surface area (Å²) in [6, 6.07) is 12.0. The SMILES string of the molecule is CCC(OC(=O)Nc1ccccc1)C(C)C1OC1CC(C)/C=C/C=C(\C)C1OC(=O)CC(O[Si](CC)(CC)CC)CCC(C)(O)C(OC(C)=O)/C=C/C1C. The van der Waals surface area contributed by atoms with Crippen molar-refractivity contribution in [1.29, 1.82) is 0 Å². The van der Waals surface area contributed by atoms with Crippen LogP contribution in [0.4, 0.5) is 10.5 Å². The summed E-state index contributed by atoms with van der Waals surface area (Å²) in [4.78, 5) is 38.2. The van der Waals surface area contributed by atoms with Crippen LogP contribution in [0, 0.1) is 17.8 Å². The van der Waals surface area contributed by atoms with Crippen LogP contribution >= 0.6 is 0 Å². The molecule has 10 atom stereocenters. The molecule has 1 aromatic carbocycles. The molecule has 0 saturated carbocycles. The van der Waals surface area contributed by atoms with Gasteiger partial charge in [-0.25, -0.2) is 4.79 Å². The summed E-state index contributed by atoms with van der Waals surface area (Å²) in [6.45, 7) is 19.6. The zero-order valence-electron chi connectivity index (χ0n) is 34.3. The normalized spacial score (nSPS) is 29.2. The molecular weight excluding hydrogens is 703 g/mol. The van der Waals surface area contributed by atoms with Crippen LogP contribution in [-0.2, 0) is 33.0 Å². The monoisotopic (exact) mass is 769 g/mol. The highest BCUT2D eigenvalue weighted by Gasteiger charge is 2.46. The predicted octanol–water partition coefficient (Wildman–Crippen LogP) is 9.31. The summed E-state index contributed by atoms with van der Waals surface area (Å²) in [5, 5.41) is 14.3. The minimum atomic E-state index is -2.08. The highest BCUT2D eigenvalue weighted by atomic mass is 28.4. The van der Waals surface area contributed by atoms with E-state index in [0.717, 1.165) is 30.1 Å². The van der Waals surface area contributed by atoms with Gasteiger partial charge in [-0.05, 0) is 87.4 Å². The molecule has 1 amide bonds. The summed E-state index contributed by atoms with van der Waals surface area (Å²) in [5.74, 6) is -0.836. The van der Waals surface area contributed by atoms with Crippen molar-refractivity contribution in [1.82, 2.24) is 0 Å². The predicted molar refractivity (Wildman–Crippen MR) is 215 cm³/mol. The molecule has 11 heteroatoms. The van der Waals surface area contributed by atoms with Gasteiger partial charge in [0.05, 0.1) is 24.7 Å². The Morgan fingerprint density at radius 1 is 1.07 bits per heavy atom. The Hall–Kier alpha value is -3.25. The summed E-state index contributed by atoms with van der Waals surface area (Å²) < 4.78 is 30.4. The Kier molecular flexibility index (Phi) is 17.7. The Labute approximate surface area is 325 Å². The van der Waals surface area contributed by atoms with Gasteiger partial charge < -0.3 is 28.5 Å². The average molecular weight is 770 g/mol. The molecule has 2 aliphatic heterocycles. The van der Waals surface area contributed by atoms with E-state index < -0.39 is 44.3 Å². The van der Waals surface area contributed by atoms with Gasteiger partial charge in [0.2, 0.25) is 0 Å². The zero-order valence-corrected chi connectivity index (χ0v) is 35.3. The third-order valence-electron chi connectivity index (χ3n) is 11.2. The minimum absolute atomic E-state index is 0.0140. The van der Waals surface area contributed by atoms with E-state index >= 15 is 0 Å². The van der Waals surface area contributed by atoms with Crippen LogP contribution in [0.1, 0.15) is 101 Å². The van der Waals surface area contributed by atoms with E-state index in [0.29, 0.717) is 24.9 Å². The van der Waals surface area contributed by atoms with Crippen molar-refractivity contribution in [3.8, 4) is 0 Å². The fourth-order valence-corrected chi connectivity index (χ4v) is 10.3. The number of anilines is 1. The van der Waals surface area contributed by atoms with Gasteiger partial charge in [-0.1, -0.05) is 91.0 Å². The largest absolute Gasteiger partial charge is 0.457 e. The van der Waals surface area contributed by atoms with E-state index in [4.69, 9.17) is 23.4 Å². The third-order valence-corrected chi connectivity index (χ3v) is 15.9. The third kappa shape index (κ3) is 13.8. The van der Waals surface area contributed by atoms with Crippen LogP contribution in [0.2, 0.25) is 18.1 Å². The Morgan fingerprint density at radius 2 is 1.74 bits per heavy atom. The van der Waals surface area contributed by atoms with Crippen LogP contribution in [0.3, 0.4) is 0 Å². The number of para-hydroxylation sites is 1. The van der Waals surface area contributed by atoms with E-state index in [1.165, 1.54) is 6.92 Å². The fourth-order valence-electron chi connectivity index (χ4n) is 7.40. The van der Waals surface area contributed by atoms with Crippen LogP contribution in [0.15, 0.2) is 66.3 Å². The van der Waals surface area contributed by atoms with Crippen molar-refractivity contribution >= 4 is 32.0 Å². The number of benzene rings is 1. The molecule has 302 valence electrons. The lowest BCUT2D eigenvalue weighted by Crippen LogP contribution is -2.45. The molecule has 10 unspecified atom stereocenters. The first-order chi connectivity index (χ1) is 25.6. The van der Waals surface area contributed by atoms with Crippen molar-refractivity contribution in [2.45, 2.75) is 162 Å². The Morgan fingerprint density at radius 3 is 2.35 bits per heavy atom.